The monoisotopic (exact) mass is 368 g/mol. The molecule has 0 saturated carbocycles. The minimum absolute atomic E-state index is 0.0155. The SMILES string of the molecule is CCCCCC(CCCCC)CCOC(=O)CCCCCCC(C)(C)C. The molecule has 0 aliphatic heterocycles. The molecule has 0 fully saturated rings. The first-order valence-corrected chi connectivity index (χ1v) is 11.5. The van der Waals surface area contributed by atoms with Crippen LogP contribution in [0.5, 0.6) is 0 Å². The fourth-order valence-corrected chi connectivity index (χ4v) is 3.49. The Kier molecular flexibility index (Phi) is 16.3. The molecule has 26 heavy (non-hydrogen) atoms. The fourth-order valence-electron chi connectivity index (χ4n) is 3.49. The maximum Gasteiger partial charge on any atom is 0.305 e. The molecule has 0 rings (SSSR count). The van der Waals surface area contributed by atoms with E-state index in [-0.39, 0.29) is 5.97 Å². The molecule has 0 N–H and O–H groups in total. The van der Waals surface area contributed by atoms with Crippen molar-refractivity contribution < 1.29 is 9.53 Å². The molecule has 0 aliphatic rings. The van der Waals surface area contributed by atoms with Gasteiger partial charge in [0, 0.05) is 6.42 Å². The smallest absolute Gasteiger partial charge is 0.305 e. The van der Waals surface area contributed by atoms with Gasteiger partial charge in [-0.1, -0.05) is 105 Å². The van der Waals surface area contributed by atoms with E-state index in [0.717, 1.165) is 25.2 Å². The molecule has 0 aromatic heterocycles. The van der Waals surface area contributed by atoms with E-state index in [1.165, 1.54) is 70.6 Å². The zero-order valence-electron chi connectivity index (χ0n) is 18.7. The Morgan fingerprint density at radius 3 is 1.88 bits per heavy atom. The molecule has 0 amide bonds. The van der Waals surface area contributed by atoms with Crippen LogP contribution in [0.2, 0.25) is 0 Å². The van der Waals surface area contributed by atoms with E-state index >= 15 is 0 Å². The third-order valence-corrected chi connectivity index (χ3v) is 5.28. The summed E-state index contributed by atoms with van der Waals surface area (Å²) in [5.74, 6) is 0.764. The highest BCUT2D eigenvalue weighted by Crippen LogP contribution is 2.23. The Balaban J connectivity index is 3.75. The number of carbonyl (C=O) groups is 1. The standard InChI is InChI=1S/C24H48O2/c1-6-8-12-16-22(17-13-9-7-2)19-21-26-23(25)18-14-10-11-15-20-24(3,4)5/h22H,6-21H2,1-5H3. The zero-order chi connectivity index (χ0) is 19.7. The number of rotatable bonds is 17. The first kappa shape index (κ1) is 25.5. The molecule has 0 radical (unpaired) electrons. The highest BCUT2D eigenvalue weighted by molar-refractivity contribution is 5.69. The minimum Gasteiger partial charge on any atom is -0.466 e. The second-order valence-corrected chi connectivity index (χ2v) is 9.34. The van der Waals surface area contributed by atoms with Crippen LogP contribution in [-0.2, 0) is 9.53 Å². The fraction of sp³-hybridized carbons (Fsp3) is 0.958. The van der Waals surface area contributed by atoms with Crippen LogP contribution < -0.4 is 0 Å². The van der Waals surface area contributed by atoms with Gasteiger partial charge in [0.15, 0.2) is 0 Å². The van der Waals surface area contributed by atoms with Crippen LogP contribution in [0.25, 0.3) is 0 Å². The molecule has 0 aromatic rings. The van der Waals surface area contributed by atoms with Crippen LogP contribution in [-0.4, -0.2) is 12.6 Å². The minimum atomic E-state index is 0.0155. The molecule has 2 nitrogen and oxygen atoms in total. The second-order valence-electron chi connectivity index (χ2n) is 9.34. The summed E-state index contributed by atoms with van der Waals surface area (Å²) in [6.45, 7) is 12.0. The lowest BCUT2D eigenvalue weighted by Crippen LogP contribution is -2.10. The van der Waals surface area contributed by atoms with Gasteiger partial charge in [0.2, 0.25) is 0 Å². The molecule has 0 bridgehead atoms. The van der Waals surface area contributed by atoms with E-state index in [2.05, 4.69) is 34.6 Å². The lowest BCUT2D eigenvalue weighted by atomic mass is 9.89. The second kappa shape index (κ2) is 16.6. The maximum atomic E-state index is 11.9. The molecule has 0 saturated heterocycles. The van der Waals surface area contributed by atoms with Crippen molar-refractivity contribution in [1.82, 2.24) is 0 Å². The molecular weight excluding hydrogens is 320 g/mol. The maximum absolute atomic E-state index is 11.9. The lowest BCUT2D eigenvalue weighted by Gasteiger charge is -2.17. The molecule has 156 valence electrons. The Hall–Kier alpha value is -0.530. The van der Waals surface area contributed by atoms with Crippen molar-refractivity contribution >= 4 is 5.97 Å². The van der Waals surface area contributed by atoms with Gasteiger partial charge in [0.25, 0.3) is 0 Å². The van der Waals surface area contributed by atoms with Crippen molar-refractivity contribution in [2.75, 3.05) is 6.61 Å². The van der Waals surface area contributed by atoms with Crippen molar-refractivity contribution in [1.29, 1.82) is 0 Å². The highest BCUT2D eigenvalue weighted by atomic mass is 16.5. The number of esters is 1. The summed E-state index contributed by atoms with van der Waals surface area (Å²) >= 11 is 0. The van der Waals surface area contributed by atoms with E-state index in [9.17, 15) is 4.79 Å². The van der Waals surface area contributed by atoms with Crippen molar-refractivity contribution in [2.45, 2.75) is 131 Å². The number of carbonyl (C=O) groups excluding carboxylic acids is 1. The normalized spacial score (nSPS) is 11.9. The number of hydrogen-bond acceptors (Lipinski definition) is 2. The molecule has 0 aromatic carbocycles. The topological polar surface area (TPSA) is 26.3 Å². The van der Waals surface area contributed by atoms with Gasteiger partial charge in [-0.25, -0.2) is 0 Å². The Labute approximate surface area is 164 Å². The zero-order valence-corrected chi connectivity index (χ0v) is 18.7. The summed E-state index contributed by atoms with van der Waals surface area (Å²) in [4.78, 5) is 11.9. The van der Waals surface area contributed by atoms with Crippen molar-refractivity contribution in [2.24, 2.45) is 11.3 Å². The van der Waals surface area contributed by atoms with Gasteiger partial charge in [-0.2, -0.15) is 0 Å². The van der Waals surface area contributed by atoms with Gasteiger partial charge in [-0.15, -0.1) is 0 Å². The molecular formula is C24H48O2. The van der Waals surface area contributed by atoms with Gasteiger partial charge in [-0.3, -0.25) is 4.79 Å². The van der Waals surface area contributed by atoms with Crippen molar-refractivity contribution in [3.8, 4) is 0 Å². The van der Waals surface area contributed by atoms with Crippen LogP contribution in [0.1, 0.15) is 131 Å². The summed E-state index contributed by atoms with van der Waals surface area (Å²) in [6.07, 6.45) is 18.1. The Morgan fingerprint density at radius 1 is 0.769 bits per heavy atom. The van der Waals surface area contributed by atoms with E-state index in [4.69, 9.17) is 4.74 Å². The first-order valence-electron chi connectivity index (χ1n) is 11.5. The molecule has 0 aliphatic carbocycles. The predicted molar refractivity (Wildman–Crippen MR) is 115 cm³/mol. The summed E-state index contributed by atoms with van der Waals surface area (Å²) in [5, 5.41) is 0. The summed E-state index contributed by atoms with van der Waals surface area (Å²) < 4.78 is 5.51. The average Bonchev–Trinajstić information content (AvgIpc) is 2.57. The van der Waals surface area contributed by atoms with Gasteiger partial charge in [0.05, 0.1) is 6.61 Å². The Bertz CT molecular complexity index is 307. The van der Waals surface area contributed by atoms with E-state index in [0.29, 0.717) is 18.4 Å². The van der Waals surface area contributed by atoms with Crippen LogP contribution in [0.4, 0.5) is 0 Å². The van der Waals surface area contributed by atoms with E-state index in [1.54, 1.807) is 0 Å². The highest BCUT2D eigenvalue weighted by Gasteiger charge is 2.11. The largest absolute Gasteiger partial charge is 0.466 e. The van der Waals surface area contributed by atoms with Gasteiger partial charge >= 0.3 is 5.97 Å². The summed E-state index contributed by atoms with van der Waals surface area (Å²) in [7, 11) is 0. The quantitative estimate of drug-likeness (QED) is 0.191. The van der Waals surface area contributed by atoms with Gasteiger partial charge in [-0.05, 0) is 30.6 Å². The molecule has 0 unspecified atom stereocenters. The molecule has 0 heterocycles. The number of hydrogen-bond donors (Lipinski definition) is 0. The Morgan fingerprint density at radius 2 is 1.35 bits per heavy atom. The van der Waals surface area contributed by atoms with Crippen molar-refractivity contribution in [3.05, 3.63) is 0 Å². The predicted octanol–water partition coefficient (Wildman–Crippen LogP) is 8.08. The van der Waals surface area contributed by atoms with Gasteiger partial charge in [0.1, 0.15) is 0 Å². The van der Waals surface area contributed by atoms with Gasteiger partial charge < -0.3 is 4.74 Å². The summed E-state index contributed by atoms with van der Waals surface area (Å²) in [6, 6.07) is 0. The molecule has 0 spiro atoms. The van der Waals surface area contributed by atoms with E-state index < -0.39 is 0 Å². The van der Waals surface area contributed by atoms with Crippen LogP contribution in [0, 0.1) is 11.3 Å². The third-order valence-electron chi connectivity index (χ3n) is 5.28. The number of unbranched alkanes of at least 4 members (excludes halogenated alkanes) is 7. The third kappa shape index (κ3) is 18.3. The molecule has 2 heteroatoms. The average molecular weight is 369 g/mol. The lowest BCUT2D eigenvalue weighted by molar-refractivity contribution is -0.144. The van der Waals surface area contributed by atoms with Crippen LogP contribution in [0.3, 0.4) is 0 Å². The number of ether oxygens (including phenoxy) is 1. The summed E-state index contributed by atoms with van der Waals surface area (Å²) in [5.41, 5.74) is 0.434. The van der Waals surface area contributed by atoms with Crippen molar-refractivity contribution in [3.63, 3.8) is 0 Å². The first-order chi connectivity index (χ1) is 12.4. The van der Waals surface area contributed by atoms with Crippen LogP contribution >= 0.6 is 0 Å². The van der Waals surface area contributed by atoms with Crippen LogP contribution in [0.15, 0.2) is 0 Å². The molecule has 0 atom stereocenters. The van der Waals surface area contributed by atoms with E-state index in [1.807, 2.05) is 0 Å².